The maximum atomic E-state index is 10.9. The Hall–Kier alpha value is -1.83. The van der Waals surface area contributed by atoms with Gasteiger partial charge in [-0.1, -0.05) is 17.7 Å². The largest absolute Gasteiger partial charge is 0.318 e. The molecule has 1 heterocycles. The number of rotatable bonds is 5. The van der Waals surface area contributed by atoms with Crippen LogP contribution in [0, 0.1) is 10.1 Å². The van der Waals surface area contributed by atoms with Crippen molar-refractivity contribution in [2.45, 2.75) is 10.8 Å². The number of anilines is 1. The van der Waals surface area contributed by atoms with Gasteiger partial charge in [-0.05, 0) is 23.8 Å². The van der Waals surface area contributed by atoms with Gasteiger partial charge in [-0.15, -0.1) is 11.8 Å². The van der Waals surface area contributed by atoms with Crippen LogP contribution in [0.2, 0.25) is 5.02 Å². The van der Waals surface area contributed by atoms with Crippen LogP contribution in [0.3, 0.4) is 0 Å². The number of hydrogen-bond donors (Lipinski definition) is 2. The van der Waals surface area contributed by atoms with Crippen molar-refractivity contribution >= 4 is 34.7 Å². The van der Waals surface area contributed by atoms with Gasteiger partial charge in [0, 0.05) is 18.0 Å². The monoisotopic (exact) mass is 310 g/mol. The van der Waals surface area contributed by atoms with E-state index in [1.807, 2.05) is 0 Å². The Morgan fingerprint density at radius 1 is 1.45 bits per heavy atom. The van der Waals surface area contributed by atoms with E-state index >= 15 is 0 Å². The fraction of sp³-hybridized carbons (Fsp3) is 0.0833. The number of nitrogens with one attached hydrogen (secondary N) is 1. The Bertz CT molecular complexity index is 639. The molecule has 0 aliphatic rings. The van der Waals surface area contributed by atoms with Crippen molar-refractivity contribution in [1.82, 2.24) is 4.98 Å². The molecule has 2 aromatic rings. The van der Waals surface area contributed by atoms with Crippen LogP contribution in [0.5, 0.6) is 0 Å². The van der Waals surface area contributed by atoms with Crippen molar-refractivity contribution in [3.63, 3.8) is 0 Å². The maximum Gasteiger partial charge on any atom is 0.293 e. The Labute approximate surface area is 124 Å². The number of thioether (sulfide) groups is 1. The van der Waals surface area contributed by atoms with Gasteiger partial charge in [0.25, 0.3) is 5.69 Å². The summed E-state index contributed by atoms with van der Waals surface area (Å²) in [7, 11) is 0. The zero-order valence-corrected chi connectivity index (χ0v) is 11.8. The molecular weight excluding hydrogens is 300 g/mol. The molecule has 8 heteroatoms. The summed E-state index contributed by atoms with van der Waals surface area (Å²) in [5.41, 5.74) is 3.32. The zero-order chi connectivity index (χ0) is 14.5. The molecule has 0 unspecified atom stereocenters. The molecule has 0 aliphatic heterocycles. The third-order valence-electron chi connectivity index (χ3n) is 2.51. The standard InChI is InChI=1S/C12H11ClN4O2S/c13-9-2-1-5-15-12(9)20-7-8-3-4-10(16-14)11(6-8)17(18)19/h1-6,16H,7,14H2. The van der Waals surface area contributed by atoms with Crippen LogP contribution >= 0.6 is 23.4 Å². The van der Waals surface area contributed by atoms with Gasteiger partial charge in [0.15, 0.2) is 0 Å². The van der Waals surface area contributed by atoms with Crippen molar-refractivity contribution in [3.05, 3.63) is 57.2 Å². The van der Waals surface area contributed by atoms with E-state index in [-0.39, 0.29) is 11.4 Å². The van der Waals surface area contributed by atoms with E-state index < -0.39 is 4.92 Å². The first-order valence-electron chi connectivity index (χ1n) is 5.59. The second-order valence-electron chi connectivity index (χ2n) is 3.83. The molecule has 0 spiro atoms. The molecule has 104 valence electrons. The highest BCUT2D eigenvalue weighted by molar-refractivity contribution is 7.98. The molecule has 0 saturated heterocycles. The first-order chi connectivity index (χ1) is 9.61. The molecule has 0 saturated carbocycles. The minimum Gasteiger partial charge on any atom is -0.318 e. The lowest BCUT2D eigenvalue weighted by atomic mass is 10.2. The summed E-state index contributed by atoms with van der Waals surface area (Å²) < 4.78 is 0. The minimum atomic E-state index is -0.475. The lowest BCUT2D eigenvalue weighted by Gasteiger charge is -2.06. The van der Waals surface area contributed by atoms with E-state index in [1.54, 1.807) is 30.5 Å². The van der Waals surface area contributed by atoms with Crippen LogP contribution in [0.4, 0.5) is 11.4 Å². The van der Waals surface area contributed by atoms with Crippen molar-refractivity contribution in [1.29, 1.82) is 0 Å². The summed E-state index contributed by atoms with van der Waals surface area (Å²) in [4.78, 5) is 14.6. The lowest BCUT2D eigenvalue weighted by Crippen LogP contribution is -2.09. The molecular formula is C12H11ClN4O2S. The number of hydrogen-bond acceptors (Lipinski definition) is 6. The Morgan fingerprint density at radius 2 is 2.25 bits per heavy atom. The predicted octanol–water partition coefficient (Wildman–Crippen LogP) is 3.22. The number of nitrogens with zero attached hydrogens (tertiary/aromatic N) is 2. The van der Waals surface area contributed by atoms with Crippen molar-refractivity contribution in [3.8, 4) is 0 Å². The van der Waals surface area contributed by atoms with E-state index in [1.165, 1.54) is 17.8 Å². The van der Waals surface area contributed by atoms with E-state index in [2.05, 4.69) is 10.4 Å². The van der Waals surface area contributed by atoms with Crippen LogP contribution in [0.15, 0.2) is 41.6 Å². The number of nitro benzene ring substituents is 1. The van der Waals surface area contributed by atoms with E-state index in [4.69, 9.17) is 17.4 Å². The smallest absolute Gasteiger partial charge is 0.293 e. The molecule has 2 rings (SSSR count). The quantitative estimate of drug-likeness (QED) is 0.381. The number of nitro groups is 1. The summed E-state index contributed by atoms with van der Waals surface area (Å²) in [6.07, 6.45) is 1.65. The van der Waals surface area contributed by atoms with Crippen LogP contribution < -0.4 is 11.3 Å². The van der Waals surface area contributed by atoms with Crippen LogP contribution in [-0.4, -0.2) is 9.91 Å². The molecule has 0 fully saturated rings. The van der Waals surface area contributed by atoms with Crippen molar-refractivity contribution < 1.29 is 4.92 Å². The van der Waals surface area contributed by atoms with Crippen molar-refractivity contribution in [2.24, 2.45) is 5.84 Å². The van der Waals surface area contributed by atoms with Gasteiger partial charge in [0.2, 0.25) is 0 Å². The third kappa shape index (κ3) is 3.38. The molecule has 3 N–H and O–H groups in total. The van der Waals surface area contributed by atoms with E-state index in [9.17, 15) is 10.1 Å². The number of aromatic nitrogens is 1. The highest BCUT2D eigenvalue weighted by Crippen LogP contribution is 2.30. The highest BCUT2D eigenvalue weighted by Gasteiger charge is 2.14. The number of nitrogens with two attached hydrogens (primary N) is 1. The van der Waals surface area contributed by atoms with Gasteiger partial charge in [-0.25, -0.2) is 4.98 Å². The SMILES string of the molecule is NNc1ccc(CSc2ncccc2Cl)cc1[N+](=O)[O-]. The number of pyridine rings is 1. The summed E-state index contributed by atoms with van der Waals surface area (Å²) >= 11 is 7.42. The topological polar surface area (TPSA) is 94.1 Å². The van der Waals surface area contributed by atoms with Crippen LogP contribution in [-0.2, 0) is 5.75 Å². The number of halogens is 1. The second kappa shape index (κ2) is 6.56. The van der Waals surface area contributed by atoms with Gasteiger partial charge in [0.05, 0.1) is 9.95 Å². The first-order valence-corrected chi connectivity index (χ1v) is 6.95. The molecule has 0 aliphatic carbocycles. The number of hydrazine groups is 1. The lowest BCUT2D eigenvalue weighted by molar-refractivity contribution is -0.384. The van der Waals surface area contributed by atoms with E-state index in [0.717, 1.165) is 5.56 Å². The van der Waals surface area contributed by atoms with Gasteiger partial charge in [-0.3, -0.25) is 16.0 Å². The van der Waals surface area contributed by atoms with Gasteiger partial charge in [0.1, 0.15) is 10.7 Å². The first kappa shape index (κ1) is 14.6. The third-order valence-corrected chi connectivity index (χ3v) is 4.01. The summed E-state index contributed by atoms with van der Waals surface area (Å²) in [6.45, 7) is 0. The Balaban J connectivity index is 2.16. The van der Waals surface area contributed by atoms with Crippen molar-refractivity contribution in [2.75, 3.05) is 5.43 Å². The zero-order valence-electron chi connectivity index (χ0n) is 10.2. The fourth-order valence-electron chi connectivity index (χ4n) is 1.57. The molecule has 0 amide bonds. The highest BCUT2D eigenvalue weighted by atomic mass is 35.5. The van der Waals surface area contributed by atoms with Crippen LogP contribution in [0.25, 0.3) is 0 Å². The Kier molecular flexibility index (Phi) is 4.78. The average molecular weight is 311 g/mol. The normalized spacial score (nSPS) is 10.3. The Morgan fingerprint density at radius 3 is 2.90 bits per heavy atom. The van der Waals surface area contributed by atoms with Crippen LogP contribution in [0.1, 0.15) is 5.56 Å². The molecule has 6 nitrogen and oxygen atoms in total. The molecule has 20 heavy (non-hydrogen) atoms. The number of benzene rings is 1. The molecule has 1 aromatic carbocycles. The van der Waals surface area contributed by atoms with Gasteiger partial charge >= 0.3 is 0 Å². The second-order valence-corrected chi connectivity index (χ2v) is 5.20. The predicted molar refractivity (Wildman–Crippen MR) is 79.7 cm³/mol. The summed E-state index contributed by atoms with van der Waals surface area (Å²) in [5.74, 6) is 5.77. The minimum absolute atomic E-state index is 0.0577. The fourth-order valence-corrected chi connectivity index (χ4v) is 2.68. The average Bonchev–Trinajstić information content (AvgIpc) is 2.46. The maximum absolute atomic E-state index is 10.9. The summed E-state index contributed by atoms with van der Waals surface area (Å²) in [5, 5.41) is 12.2. The molecule has 0 radical (unpaired) electrons. The molecule has 1 aromatic heterocycles. The van der Waals surface area contributed by atoms with E-state index in [0.29, 0.717) is 15.8 Å². The van der Waals surface area contributed by atoms with Gasteiger partial charge < -0.3 is 5.43 Å². The molecule has 0 atom stereocenters. The van der Waals surface area contributed by atoms with Gasteiger partial charge in [-0.2, -0.15) is 0 Å². The number of nitrogen functional groups attached to an aromatic ring is 1. The summed E-state index contributed by atoms with van der Waals surface area (Å²) in [6, 6.07) is 8.33. The molecule has 0 bridgehead atoms.